The van der Waals surface area contributed by atoms with Gasteiger partial charge in [-0.15, -0.1) is 0 Å². The number of para-hydroxylation sites is 1. The summed E-state index contributed by atoms with van der Waals surface area (Å²) in [5.74, 6) is 1.41. The fourth-order valence-electron chi connectivity index (χ4n) is 2.08. The highest BCUT2D eigenvalue weighted by molar-refractivity contribution is 5.40. The van der Waals surface area contributed by atoms with E-state index in [2.05, 4.69) is 19.1 Å². The molecule has 1 aromatic carbocycles. The van der Waals surface area contributed by atoms with Crippen molar-refractivity contribution in [1.29, 1.82) is 0 Å². The van der Waals surface area contributed by atoms with Gasteiger partial charge in [0.05, 0.1) is 6.61 Å². The second-order valence-electron chi connectivity index (χ2n) is 3.91. The van der Waals surface area contributed by atoms with E-state index in [1.807, 2.05) is 12.1 Å². The van der Waals surface area contributed by atoms with Crippen LogP contribution in [0.5, 0.6) is 5.75 Å². The molecular formula is C12H17NO. The maximum absolute atomic E-state index is 6.12. The van der Waals surface area contributed by atoms with Crippen LogP contribution in [0.15, 0.2) is 24.3 Å². The molecule has 0 saturated carbocycles. The van der Waals surface area contributed by atoms with Crippen LogP contribution in [0.3, 0.4) is 0 Å². The van der Waals surface area contributed by atoms with Crippen molar-refractivity contribution in [2.24, 2.45) is 5.73 Å². The highest BCUT2D eigenvalue weighted by Gasteiger charge is 2.28. The van der Waals surface area contributed by atoms with Crippen LogP contribution < -0.4 is 10.5 Å². The number of hydrogen-bond acceptors (Lipinski definition) is 2. The molecule has 0 radical (unpaired) electrons. The van der Waals surface area contributed by atoms with Gasteiger partial charge in [-0.3, -0.25) is 0 Å². The van der Waals surface area contributed by atoms with Crippen LogP contribution in [0.25, 0.3) is 0 Å². The predicted molar refractivity (Wildman–Crippen MR) is 57.6 cm³/mol. The first-order valence-corrected chi connectivity index (χ1v) is 5.30. The van der Waals surface area contributed by atoms with E-state index < -0.39 is 0 Å². The predicted octanol–water partition coefficient (Wildman–Crippen LogP) is 2.29. The van der Waals surface area contributed by atoms with Crippen molar-refractivity contribution in [2.45, 2.75) is 31.7 Å². The third-order valence-corrected chi connectivity index (χ3v) is 2.88. The van der Waals surface area contributed by atoms with Crippen molar-refractivity contribution >= 4 is 0 Å². The van der Waals surface area contributed by atoms with Gasteiger partial charge in [0, 0.05) is 17.5 Å². The molecule has 2 atom stereocenters. The van der Waals surface area contributed by atoms with Crippen LogP contribution in [-0.4, -0.2) is 12.6 Å². The largest absolute Gasteiger partial charge is 0.493 e. The standard InChI is InChI=1S/C12H17NO/c1-2-5-11(13)10-8-14-12-7-4-3-6-9(10)12/h3-4,6-7,10-11H,2,5,8,13H2,1H3/t10?,11-/m0/s1. The second-order valence-corrected chi connectivity index (χ2v) is 3.91. The minimum atomic E-state index is 0.239. The minimum Gasteiger partial charge on any atom is -0.493 e. The Labute approximate surface area is 85.1 Å². The van der Waals surface area contributed by atoms with E-state index in [1.165, 1.54) is 5.56 Å². The molecule has 1 aromatic rings. The first-order valence-electron chi connectivity index (χ1n) is 5.30. The average molecular weight is 191 g/mol. The Balaban J connectivity index is 2.17. The Kier molecular flexibility index (Phi) is 2.73. The molecule has 0 saturated heterocycles. The van der Waals surface area contributed by atoms with Gasteiger partial charge >= 0.3 is 0 Å². The summed E-state index contributed by atoms with van der Waals surface area (Å²) in [4.78, 5) is 0. The van der Waals surface area contributed by atoms with E-state index in [1.54, 1.807) is 0 Å². The minimum absolute atomic E-state index is 0.239. The van der Waals surface area contributed by atoms with Crippen molar-refractivity contribution in [3.63, 3.8) is 0 Å². The van der Waals surface area contributed by atoms with Gasteiger partial charge in [0.25, 0.3) is 0 Å². The van der Waals surface area contributed by atoms with E-state index >= 15 is 0 Å². The zero-order valence-corrected chi connectivity index (χ0v) is 8.57. The van der Waals surface area contributed by atoms with Gasteiger partial charge in [0.1, 0.15) is 5.75 Å². The summed E-state index contributed by atoms with van der Waals surface area (Å²) < 4.78 is 5.60. The number of fused-ring (bicyclic) bond motifs is 1. The summed E-state index contributed by atoms with van der Waals surface area (Å²) in [6.07, 6.45) is 2.21. The third kappa shape index (κ3) is 1.62. The van der Waals surface area contributed by atoms with Crippen LogP contribution >= 0.6 is 0 Å². The molecule has 1 unspecified atom stereocenters. The first kappa shape index (κ1) is 9.53. The Hall–Kier alpha value is -1.02. The smallest absolute Gasteiger partial charge is 0.122 e. The lowest BCUT2D eigenvalue weighted by atomic mass is 9.91. The molecule has 0 bridgehead atoms. The van der Waals surface area contributed by atoms with Gasteiger partial charge in [-0.25, -0.2) is 0 Å². The maximum Gasteiger partial charge on any atom is 0.122 e. The molecule has 2 nitrogen and oxygen atoms in total. The van der Waals surface area contributed by atoms with Crippen molar-refractivity contribution in [3.8, 4) is 5.75 Å². The zero-order chi connectivity index (χ0) is 9.97. The molecule has 1 aliphatic rings. The summed E-state index contributed by atoms with van der Waals surface area (Å²) in [5.41, 5.74) is 7.41. The Morgan fingerprint density at radius 1 is 1.50 bits per heavy atom. The molecular weight excluding hydrogens is 174 g/mol. The fraction of sp³-hybridized carbons (Fsp3) is 0.500. The van der Waals surface area contributed by atoms with Gasteiger partial charge in [-0.2, -0.15) is 0 Å². The van der Waals surface area contributed by atoms with Crippen molar-refractivity contribution in [2.75, 3.05) is 6.61 Å². The van der Waals surface area contributed by atoms with E-state index in [0.29, 0.717) is 5.92 Å². The highest BCUT2D eigenvalue weighted by Crippen LogP contribution is 2.35. The van der Waals surface area contributed by atoms with Crippen LogP contribution in [-0.2, 0) is 0 Å². The zero-order valence-electron chi connectivity index (χ0n) is 8.57. The van der Waals surface area contributed by atoms with Crippen LogP contribution in [0.2, 0.25) is 0 Å². The van der Waals surface area contributed by atoms with Crippen molar-refractivity contribution < 1.29 is 4.74 Å². The summed E-state index contributed by atoms with van der Waals surface area (Å²) >= 11 is 0. The van der Waals surface area contributed by atoms with Crippen LogP contribution in [0.4, 0.5) is 0 Å². The molecule has 0 fully saturated rings. The number of ether oxygens (including phenoxy) is 1. The Morgan fingerprint density at radius 2 is 2.29 bits per heavy atom. The molecule has 0 amide bonds. The average Bonchev–Trinajstić information content (AvgIpc) is 2.61. The van der Waals surface area contributed by atoms with Crippen LogP contribution in [0, 0.1) is 0 Å². The van der Waals surface area contributed by atoms with E-state index in [9.17, 15) is 0 Å². The van der Waals surface area contributed by atoms with Gasteiger partial charge in [-0.05, 0) is 12.5 Å². The normalized spacial score (nSPS) is 21.4. The third-order valence-electron chi connectivity index (χ3n) is 2.88. The lowest BCUT2D eigenvalue weighted by Crippen LogP contribution is -2.29. The lowest BCUT2D eigenvalue weighted by molar-refractivity contribution is 0.309. The van der Waals surface area contributed by atoms with Gasteiger partial charge < -0.3 is 10.5 Å². The highest BCUT2D eigenvalue weighted by atomic mass is 16.5. The van der Waals surface area contributed by atoms with Gasteiger partial charge in [-0.1, -0.05) is 31.5 Å². The topological polar surface area (TPSA) is 35.2 Å². The SMILES string of the molecule is CCC[C@H](N)C1COc2ccccc21. The quantitative estimate of drug-likeness (QED) is 0.795. The molecule has 1 aliphatic heterocycles. The van der Waals surface area contributed by atoms with Crippen molar-refractivity contribution in [3.05, 3.63) is 29.8 Å². The van der Waals surface area contributed by atoms with E-state index in [4.69, 9.17) is 10.5 Å². The maximum atomic E-state index is 6.12. The first-order chi connectivity index (χ1) is 6.83. The van der Waals surface area contributed by atoms with Gasteiger partial charge in [0.15, 0.2) is 0 Å². The van der Waals surface area contributed by atoms with E-state index in [-0.39, 0.29) is 6.04 Å². The second kappa shape index (κ2) is 4.01. The molecule has 2 rings (SSSR count). The fourth-order valence-corrected chi connectivity index (χ4v) is 2.08. The number of rotatable bonds is 3. The van der Waals surface area contributed by atoms with Gasteiger partial charge in [0.2, 0.25) is 0 Å². The summed E-state index contributed by atoms with van der Waals surface area (Å²) in [6.45, 7) is 2.92. The van der Waals surface area contributed by atoms with Crippen LogP contribution in [0.1, 0.15) is 31.2 Å². The number of nitrogens with two attached hydrogens (primary N) is 1. The number of benzene rings is 1. The summed E-state index contributed by atoms with van der Waals surface area (Å²) in [6, 6.07) is 8.45. The van der Waals surface area contributed by atoms with E-state index in [0.717, 1.165) is 25.2 Å². The molecule has 2 N–H and O–H groups in total. The lowest BCUT2D eigenvalue weighted by Gasteiger charge is -2.17. The molecule has 76 valence electrons. The number of hydrogen-bond donors (Lipinski definition) is 1. The summed E-state index contributed by atoms with van der Waals surface area (Å²) in [5, 5.41) is 0. The molecule has 2 heteroatoms. The Bertz CT molecular complexity index is 311. The molecule has 0 aliphatic carbocycles. The summed E-state index contributed by atoms with van der Waals surface area (Å²) in [7, 11) is 0. The Morgan fingerprint density at radius 3 is 3.07 bits per heavy atom. The monoisotopic (exact) mass is 191 g/mol. The molecule has 14 heavy (non-hydrogen) atoms. The molecule has 1 heterocycles. The van der Waals surface area contributed by atoms with Crippen molar-refractivity contribution in [1.82, 2.24) is 0 Å². The molecule has 0 spiro atoms. The molecule has 0 aromatic heterocycles.